The summed E-state index contributed by atoms with van der Waals surface area (Å²) in [5.41, 5.74) is 11.7. The molecule has 0 saturated carbocycles. The molecule has 1 saturated heterocycles. The number of phenolic OH excluding ortho intramolecular Hbond substituents is 1. The van der Waals surface area contributed by atoms with Crippen LogP contribution in [-0.2, 0) is 17.8 Å². The van der Waals surface area contributed by atoms with Gasteiger partial charge in [-0.05, 0) is 30.7 Å². The van der Waals surface area contributed by atoms with Gasteiger partial charge in [0.2, 0.25) is 11.3 Å². The molecule has 1 aliphatic rings. The number of rotatable bonds is 5. The van der Waals surface area contributed by atoms with Gasteiger partial charge in [0.05, 0.1) is 11.4 Å². The van der Waals surface area contributed by atoms with Gasteiger partial charge in [-0.1, -0.05) is 17.7 Å². The van der Waals surface area contributed by atoms with Crippen LogP contribution >= 0.6 is 11.6 Å². The molecule has 1 aliphatic heterocycles. The summed E-state index contributed by atoms with van der Waals surface area (Å²) in [6.07, 6.45) is 0.480. The van der Waals surface area contributed by atoms with Crippen molar-refractivity contribution < 1.29 is 23.1 Å². The number of urea groups is 1. The lowest BCUT2D eigenvalue weighted by Crippen LogP contribution is -2.33. The van der Waals surface area contributed by atoms with Gasteiger partial charge in [-0.2, -0.15) is 0 Å². The predicted octanol–water partition coefficient (Wildman–Crippen LogP) is 2.79. The third kappa shape index (κ3) is 4.07. The molecule has 1 heterocycles. The topological polar surface area (TPSA) is 133 Å². The van der Waals surface area contributed by atoms with E-state index in [1.54, 1.807) is 0 Å². The SMILES string of the molecule is NCc1c(F)cccc1N(C(N)=O)c1ccc(Cl)c([C@@H]2CCN(S(=O)O)C2)c1O. The molecule has 0 aromatic heterocycles. The average molecular weight is 443 g/mol. The third-order valence-electron chi connectivity index (χ3n) is 4.92. The Morgan fingerprint density at radius 2 is 2.07 bits per heavy atom. The van der Waals surface area contributed by atoms with Crippen LogP contribution in [0.2, 0.25) is 5.02 Å². The van der Waals surface area contributed by atoms with Crippen molar-refractivity contribution in [3.63, 3.8) is 0 Å². The van der Waals surface area contributed by atoms with Crippen LogP contribution in [0.4, 0.5) is 20.6 Å². The van der Waals surface area contributed by atoms with E-state index in [1.807, 2.05) is 0 Å². The van der Waals surface area contributed by atoms with E-state index < -0.39 is 23.1 Å². The number of hydrogen-bond donors (Lipinski definition) is 4. The second kappa shape index (κ2) is 8.64. The summed E-state index contributed by atoms with van der Waals surface area (Å²) in [7, 11) is 0. The van der Waals surface area contributed by atoms with Gasteiger partial charge in [0.15, 0.2) is 0 Å². The molecule has 6 N–H and O–H groups in total. The maximum atomic E-state index is 14.2. The van der Waals surface area contributed by atoms with Crippen LogP contribution in [0.15, 0.2) is 30.3 Å². The number of carbonyl (C=O) groups is 1. The first-order chi connectivity index (χ1) is 13.8. The molecule has 0 aliphatic carbocycles. The lowest BCUT2D eigenvalue weighted by atomic mass is 9.96. The largest absolute Gasteiger partial charge is 0.505 e. The summed E-state index contributed by atoms with van der Waals surface area (Å²) in [6.45, 7) is 0.353. The molecule has 2 amide bonds. The normalized spacial score (nSPS) is 18.0. The molecule has 2 aromatic rings. The van der Waals surface area contributed by atoms with Crippen LogP contribution in [-0.4, -0.2) is 37.3 Å². The van der Waals surface area contributed by atoms with Gasteiger partial charge in [0, 0.05) is 41.7 Å². The lowest BCUT2D eigenvalue weighted by Gasteiger charge is -2.26. The summed E-state index contributed by atoms with van der Waals surface area (Å²) < 4.78 is 36.1. The van der Waals surface area contributed by atoms with Gasteiger partial charge in [-0.3, -0.25) is 9.45 Å². The Balaban J connectivity index is 2.12. The smallest absolute Gasteiger partial charge is 0.324 e. The van der Waals surface area contributed by atoms with Crippen LogP contribution in [0.3, 0.4) is 0 Å². The Morgan fingerprint density at radius 1 is 1.34 bits per heavy atom. The van der Waals surface area contributed by atoms with Gasteiger partial charge < -0.3 is 16.6 Å². The van der Waals surface area contributed by atoms with E-state index in [2.05, 4.69) is 0 Å². The van der Waals surface area contributed by atoms with Crippen LogP contribution in [0.1, 0.15) is 23.5 Å². The first-order valence-electron chi connectivity index (χ1n) is 8.70. The maximum absolute atomic E-state index is 14.2. The number of halogens is 2. The predicted molar refractivity (Wildman–Crippen MR) is 109 cm³/mol. The maximum Gasteiger partial charge on any atom is 0.324 e. The molecule has 1 fully saturated rings. The molecule has 0 radical (unpaired) electrons. The van der Waals surface area contributed by atoms with E-state index in [0.717, 1.165) is 4.90 Å². The van der Waals surface area contributed by atoms with Gasteiger partial charge in [-0.15, -0.1) is 0 Å². The number of anilines is 2. The van der Waals surface area contributed by atoms with Gasteiger partial charge in [-0.25, -0.2) is 17.7 Å². The standard InChI is InChI=1S/C18H20ClFN4O4S/c19-12-4-5-15(17(25)16(12)10-6-7-23(9-10)29(27)28)24(18(22)26)14-3-1-2-13(20)11(14)8-21/h1-5,10,25H,6-9,21H2,(H2,22,26)(H,27,28)/t10-/m1/s1. The minimum absolute atomic E-state index is 0.0146. The van der Waals surface area contributed by atoms with Crippen LogP contribution in [0, 0.1) is 5.82 Å². The molecule has 2 atom stereocenters. The van der Waals surface area contributed by atoms with E-state index in [0.29, 0.717) is 18.5 Å². The van der Waals surface area contributed by atoms with Crippen molar-refractivity contribution in [2.45, 2.75) is 18.9 Å². The van der Waals surface area contributed by atoms with Crippen molar-refractivity contribution >= 4 is 40.3 Å². The Bertz CT molecular complexity index is 977. The Morgan fingerprint density at radius 3 is 2.66 bits per heavy atom. The highest BCUT2D eigenvalue weighted by Crippen LogP contribution is 2.45. The third-order valence-corrected chi connectivity index (χ3v) is 6.03. The second-order valence-corrected chi connectivity index (χ2v) is 7.93. The fraction of sp³-hybridized carbons (Fsp3) is 0.278. The van der Waals surface area contributed by atoms with Gasteiger partial charge in [0.25, 0.3) is 0 Å². The fourth-order valence-corrected chi connectivity index (χ4v) is 4.45. The number of benzene rings is 2. The molecular weight excluding hydrogens is 423 g/mol. The van der Waals surface area contributed by atoms with E-state index in [4.69, 9.17) is 23.1 Å². The number of primary amides is 1. The summed E-state index contributed by atoms with van der Waals surface area (Å²) >= 11 is 4.15. The monoisotopic (exact) mass is 442 g/mol. The summed E-state index contributed by atoms with van der Waals surface area (Å²) in [5, 5.41) is 11.2. The highest BCUT2D eigenvalue weighted by molar-refractivity contribution is 7.76. The molecule has 8 nitrogen and oxygen atoms in total. The molecule has 0 spiro atoms. The van der Waals surface area contributed by atoms with E-state index in [9.17, 15) is 23.1 Å². The van der Waals surface area contributed by atoms with Gasteiger partial charge >= 0.3 is 6.03 Å². The zero-order valence-electron chi connectivity index (χ0n) is 15.2. The van der Waals surface area contributed by atoms with Crippen molar-refractivity contribution in [2.24, 2.45) is 11.5 Å². The molecular formula is C18H20ClFN4O4S. The zero-order valence-corrected chi connectivity index (χ0v) is 16.8. The second-order valence-electron chi connectivity index (χ2n) is 6.55. The number of amides is 2. The van der Waals surface area contributed by atoms with Crippen molar-refractivity contribution in [1.82, 2.24) is 4.31 Å². The first-order valence-corrected chi connectivity index (χ1v) is 10.1. The Hall–Kier alpha value is -2.24. The van der Waals surface area contributed by atoms with Gasteiger partial charge in [0.1, 0.15) is 11.6 Å². The van der Waals surface area contributed by atoms with Crippen molar-refractivity contribution in [2.75, 3.05) is 18.0 Å². The van der Waals surface area contributed by atoms with Crippen LogP contribution < -0.4 is 16.4 Å². The first kappa shape index (κ1) is 21.5. The minimum Gasteiger partial charge on any atom is -0.505 e. The quantitative estimate of drug-likeness (QED) is 0.528. The number of aromatic hydroxyl groups is 1. The van der Waals surface area contributed by atoms with Crippen LogP contribution in [0.25, 0.3) is 0 Å². The number of nitrogens with two attached hydrogens (primary N) is 2. The minimum atomic E-state index is -2.14. The molecule has 2 aromatic carbocycles. The summed E-state index contributed by atoms with van der Waals surface area (Å²) in [4.78, 5) is 13.2. The molecule has 156 valence electrons. The molecule has 1 unspecified atom stereocenters. The number of phenols is 1. The van der Waals surface area contributed by atoms with E-state index in [1.165, 1.54) is 34.6 Å². The van der Waals surface area contributed by atoms with Crippen molar-refractivity contribution in [3.8, 4) is 5.75 Å². The molecule has 11 heteroatoms. The van der Waals surface area contributed by atoms with Crippen molar-refractivity contribution in [1.29, 1.82) is 0 Å². The Kier molecular flexibility index (Phi) is 6.39. The summed E-state index contributed by atoms with van der Waals surface area (Å²) in [5.74, 6) is -1.25. The number of hydrogen-bond acceptors (Lipinski definition) is 4. The van der Waals surface area contributed by atoms with E-state index >= 15 is 0 Å². The highest BCUT2D eigenvalue weighted by Gasteiger charge is 2.33. The highest BCUT2D eigenvalue weighted by atomic mass is 35.5. The molecule has 3 rings (SSSR count). The fourth-order valence-electron chi connectivity index (χ4n) is 3.57. The lowest BCUT2D eigenvalue weighted by molar-refractivity contribution is 0.256. The van der Waals surface area contributed by atoms with Crippen molar-refractivity contribution in [3.05, 3.63) is 52.3 Å². The average Bonchev–Trinajstić information content (AvgIpc) is 3.14. The Labute approximate surface area is 174 Å². The zero-order chi connectivity index (χ0) is 21.3. The van der Waals surface area contributed by atoms with Crippen LogP contribution in [0.5, 0.6) is 5.75 Å². The molecule has 0 bridgehead atoms. The molecule has 29 heavy (non-hydrogen) atoms. The number of carbonyl (C=O) groups excluding carboxylic acids is 1. The summed E-state index contributed by atoms with van der Waals surface area (Å²) in [6, 6.07) is 6.02. The van der Waals surface area contributed by atoms with E-state index in [-0.39, 0.29) is 46.7 Å². The number of nitrogens with zero attached hydrogens (tertiary/aromatic N) is 2.